The zero-order valence-electron chi connectivity index (χ0n) is 15.7. The molecule has 29 heavy (non-hydrogen) atoms. The van der Waals surface area contributed by atoms with Crippen LogP contribution in [0.2, 0.25) is 0 Å². The number of rotatable bonds is 8. The molecule has 1 unspecified atom stereocenters. The Bertz CT molecular complexity index is 1050. The molecule has 1 aliphatic rings. The molecule has 0 aliphatic carbocycles. The Hall–Kier alpha value is -3.04. The van der Waals surface area contributed by atoms with Crippen LogP contribution < -0.4 is 10.0 Å². The molecule has 3 rings (SSSR count). The van der Waals surface area contributed by atoms with Gasteiger partial charge in [-0.25, -0.2) is 13.1 Å². The molecule has 1 aliphatic heterocycles. The maximum absolute atomic E-state index is 12.7. The van der Waals surface area contributed by atoms with Gasteiger partial charge in [-0.3, -0.25) is 19.7 Å². The first-order valence-electron chi connectivity index (χ1n) is 9.01. The molecular weight excluding hydrogens is 396 g/mol. The van der Waals surface area contributed by atoms with E-state index in [1.165, 1.54) is 12.1 Å². The standard InChI is InChI=1S/C20H20N2O6S/c1-2-28-20(25)14(10-13-6-4-3-5-7-13)12-21-29(26,27)15-8-9-16-17(11-15)19(24)22-18(16)23/h3-9,11,14,21H,2,10,12H2,1H3,(H,22,23,24). The molecule has 0 saturated heterocycles. The topological polar surface area (TPSA) is 119 Å². The maximum Gasteiger partial charge on any atom is 0.310 e. The Morgan fingerprint density at radius 3 is 2.45 bits per heavy atom. The van der Waals surface area contributed by atoms with Crippen LogP contribution in [-0.4, -0.2) is 39.4 Å². The minimum absolute atomic E-state index is 0.00380. The number of sulfonamides is 1. The fraction of sp³-hybridized carbons (Fsp3) is 0.250. The predicted molar refractivity (Wildman–Crippen MR) is 104 cm³/mol. The zero-order valence-corrected chi connectivity index (χ0v) is 16.5. The number of hydrogen-bond acceptors (Lipinski definition) is 6. The van der Waals surface area contributed by atoms with Gasteiger partial charge < -0.3 is 4.74 Å². The van der Waals surface area contributed by atoms with Gasteiger partial charge in [-0.05, 0) is 37.1 Å². The van der Waals surface area contributed by atoms with Crippen molar-refractivity contribution in [3.8, 4) is 0 Å². The highest BCUT2D eigenvalue weighted by Gasteiger charge is 2.29. The summed E-state index contributed by atoms with van der Waals surface area (Å²) in [4.78, 5) is 35.5. The van der Waals surface area contributed by atoms with Gasteiger partial charge in [-0.1, -0.05) is 30.3 Å². The van der Waals surface area contributed by atoms with Crippen LogP contribution in [0.3, 0.4) is 0 Å². The largest absolute Gasteiger partial charge is 0.466 e. The quantitative estimate of drug-likeness (QED) is 0.494. The van der Waals surface area contributed by atoms with Crippen molar-refractivity contribution in [2.75, 3.05) is 13.2 Å². The van der Waals surface area contributed by atoms with Gasteiger partial charge in [0.1, 0.15) is 0 Å². The second-order valence-corrected chi connectivity index (χ2v) is 8.25. The van der Waals surface area contributed by atoms with E-state index in [-0.39, 0.29) is 29.2 Å². The molecule has 0 bridgehead atoms. The number of esters is 1. The number of carbonyl (C=O) groups is 3. The molecule has 1 atom stereocenters. The second-order valence-electron chi connectivity index (χ2n) is 6.48. The number of benzene rings is 2. The molecule has 2 N–H and O–H groups in total. The summed E-state index contributed by atoms with van der Waals surface area (Å²) in [5, 5.41) is 2.11. The van der Waals surface area contributed by atoms with Crippen LogP contribution in [0.1, 0.15) is 33.2 Å². The van der Waals surface area contributed by atoms with Crippen molar-refractivity contribution in [1.29, 1.82) is 0 Å². The fourth-order valence-electron chi connectivity index (χ4n) is 3.01. The van der Waals surface area contributed by atoms with Crippen molar-refractivity contribution in [2.24, 2.45) is 5.92 Å². The highest BCUT2D eigenvalue weighted by Crippen LogP contribution is 2.20. The molecule has 2 amide bonds. The summed E-state index contributed by atoms with van der Waals surface area (Å²) in [5.74, 6) is -2.42. The van der Waals surface area contributed by atoms with Crippen molar-refractivity contribution in [1.82, 2.24) is 10.0 Å². The minimum Gasteiger partial charge on any atom is -0.466 e. The number of ether oxygens (including phenoxy) is 1. The van der Waals surface area contributed by atoms with Gasteiger partial charge in [0.25, 0.3) is 11.8 Å². The number of amides is 2. The third-order valence-electron chi connectivity index (χ3n) is 4.48. The first-order valence-corrected chi connectivity index (χ1v) is 10.5. The van der Waals surface area contributed by atoms with E-state index in [1.54, 1.807) is 6.92 Å². The first-order chi connectivity index (χ1) is 13.8. The summed E-state index contributed by atoms with van der Waals surface area (Å²) in [6.07, 6.45) is 0.309. The maximum atomic E-state index is 12.7. The van der Waals surface area contributed by atoms with Crippen LogP contribution in [0.25, 0.3) is 0 Å². The minimum atomic E-state index is -4.01. The van der Waals surface area contributed by atoms with Gasteiger partial charge in [0.2, 0.25) is 10.0 Å². The third-order valence-corrected chi connectivity index (χ3v) is 5.90. The summed E-state index contributed by atoms with van der Waals surface area (Å²) in [6, 6.07) is 12.9. The number of fused-ring (bicyclic) bond motifs is 1. The summed E-state index contributed by atoms with van der Waals surface area (Å²) in [7, 11) is -4.01. The first kappa shape index (κ1) is 20.7. The molecule has 9 heteroatoms. The number of nitrogens with one attached hydrogen (secondary N) is 2. The number of carbonyl (C=O) groups excluding carboxylic acids is 3. The Morgan fingerprint density at radius 1 is 1.07 bits per heavy atom. The van der Waals surface area contributed by atoms with E-state index < -0.39 is 33.7 Å². The summed E-state index contributed by atoms with van der Waals surface area (Å²) in [6.45, 7) is 1.70. The van der Waals surface area contributed by atoms with Gasteiger partial charge >= 0.3 is 5.97 Å². The Morgan fingerprint density at radius 2 is 1.76 bits per heavy atom. The van der Waals surface area contributed by atoms with E-state index in [1.807, 2.05) is 30.3 Å². The van der Waals surface area contributed by atoms with Gasteiger partial charge in [-0.15, -0.1) is 0 Å². The van der Waals surface area contributed by atoms with Gasteiger partial charge in [-0.2, -0.15) is 0 Å². The summed E-state index contributed by atoms with van der Waals surface area (Å²) in [5.41, 5.74) is 1.00. The monoisotopic (exact) mass is 416 g/mol. The summed E-state index contributed by atoms with van der Waals surface area (Å²) < 4.78 is 32.8. The molecule has 0 radical (unpaired) electrons. The third kappa shape index (κ3) is 4.69. The van der Waals surface area contributed by atoms with Crippen molar-refractivity contribution in [3.63, 3.8) is 0 Å². The molecular formula is C20H20N2O6S. The predicted octanol–water partition coefficient (Wildman–Crippen LogP) is 1.27. The van der Waals surface area contributed by atoms with E-state index in [0.29, 0.717) is 6.42 Å². The van der Waals surface area contributed by atoms with E-state index in [0.717, 1.165) is 11.6 Å². The van der Waals surface area contributed by atoms with Crippen LogP contribution in [0, 0.1) is 5.92 Å². The fourth-order valence-corrected chi connectivity index (χ4v) is 4.11. The second kappa shape index (κ2) is 8.54. The molecule has 1 heterocycles. The number of imide groups is 1. The smallest absolute Gasteiger partial charge is 0.310 e. The molecule has 152 valence electrons. The summed E-state index contributed by atoms with van der Waals surface area (Å²) >= 11 is 0. The van der Waals surface area contributed by atoms with Gasteiger partial charge in [0.15, 0.2) is 0 Å². The van der Waals surface area contributed by atoms with Crippen molar-refractivity contribution in [2.45, 2.75) is 18.2 Å². The normalized spacial score (nSPS) is 14.2. The highest BCUT2D eigenvalue weighted by atomic mass is 32.2. The lowest BCUT2D eigenvalue weighted by atomic mass is 10.00. The molecule has 0 fully saturated rings. The van der Waals surface area contributed by atoms with Crippen molar-refractivity contribution < 1.29 is 27.5 Å². The van der Waals surface area contributed by atoms with Crippen LogP contribution >= 0.6 is 0 Å². The highest BCUT2D eigenvalue weighted by molar-refractivity contribution is 7.89. The lowest BCUT2D eigenvalue weighted by molar-refractivity contribution is -0.147. The SMILES string of the molecule is CCOC(=O)C(CNS(=O)(=O)c1ccc2c(c1)C(=O)NC2=O)Cc1ccccc1. The van der Waals surface area contributed by atoms with Crippen LogP contribution in [0.15, 0.2) is 53.4 Å². The van der Waals surface area contributed by atoms with Crippen molar-refractivity contribution >= 4 is 27.8 Å². The van der Waals surface area contributed by atoms with Gasteiger partial charge in [0, 0.05) is 6.54 Å². The molecule has 0 aromatic heterocycles. The average Bonchev–Trinajstić information content (AvgIpc) is 2.99. The lowest BCUT2D eigenvalue weighted by Crippen LogP contribution is -2.35. The van der Waals surface area contributed by atoms with E-state index in [9.17, 15) is 22.8 Å². The molecule has 0 spiro atoms. The average molecular weight is 416 g/mol. The zero-order chi connectivity index (χ0) is 21.0. The molecule has 2 aromatic rings. The molecule has 0 saturated carbocycles. The van der Waals surface area contributed by atoms with Gasteiger partial charge in [0.05, 0.1) is 28.5 Å². The van der Waals surface area contributed by atoms with E-state index in [2.05, 4.69) is 10.0 Å². The Balaban J connectivity index is 1.77. The Kier molecular flexibility index (Phi) is 6.09. The molecule has 8 nitrogen and oxygen atoms in total. The number of hydrogen-bond donors (Lipinski definition) is 2. The Labute approximate surface area is 168 Å². The van der Waals surface area contributed by atoms with Crippen molar-refractivity contribution in [3.05, 3.63) is 65.2 Å². The van der Waals surface area contributed by atoms with Crippen LogP contribution in [0.4, 0.5) is 0 Å². The van der Waals surface area contributed by atoms with Crippen LogP contribution in [0.5, 0.6) is 0 Å². The van der Waals surface area contributed by atoms with Crippen LogP contribution in [-0.2, 0) is 26.0 Å². The molecule has 2 aromatic carbocycles. The van der Waals surface area contributed by atoms with E-state index >= 15 is 0 Å². The van der Waals surface area contributed by atoms with E-state index in [4.69, 9.17) is 4.74 Å². The lowest BCUT2D eigenvalue weighted by Gasteiger charge is -2.17.